The van der Waals surface area contributed by atoms with E-state index in [9.17, 15) is 4.79 Å². The van der Waals surface area contributed by atoms with E-state index in [4.69, 9.17) is 13.9 Å². The van der Waals surface area contributed by atoms with Gasteiger partial charge in [0.25, 0.3) is 0 Å². The molecule has 5 heteroatoms. The summed E-state index contributed by atoms with van der Waals surface area (Å²) >= 11 is 0. The molecule has 1 saturated heterocycles. The molecule has 4 rings (SSSR count). The lowest BCUT2D eigenvalue weighted by Gasteiger charge is -2.26. The number of hydrogen-bond acceptors (Lipinski definition) is 5. The van der Waals surface area contributed by atoms with Gasteiger partial charge in [0.2, 0.25) is 0 Å². The Balaban J connectivity index is 1.58. The zero-order chi connectivity index (χ0) is 18.6. The van der Waals surface area contributed by atoms with Crippen LogP contribution in [0.25, 0.3) is 21.7 Å². The number of ether oxygens (including phenoxy) is 2. The van der Waals surface area contributed by atoms with Crippen molar-refractivity contribution in [3.8, 4) is 0 Å². The molecule has 5 nitrogen and oxygen atoms in total. The summed E-state index contributed by atoms with van der Waals surface area (Å²) in [5, 5.41) is 3.31. The zero-order valence-corrected chi connectivity index (χ0v) is 15.7. The smallest absolute Gasteiger partial charge is 0.310 e. The van der Waals surface area contributed by atoms with Crippen LogP contribution in [0, 0.1) is 0 Å². The summed E-state index contributed by atoms with van der Waals surface area (Å²) in [6, 6.07) is 10.7. The van der Waals surface area contributed by atoms with E-state index in [-0.39, 0.29) is 12.4 Å². The summed E-state index contributed by atoms with van der Waals surface area (Å²) in [6.45, 7) is 6.96. The van der Waals surface area contributed by atoms with Gasteiger partial charge in [-0.05, 0) is 35.7 Å². The molecule has 1 aliphatic rings. The Morgan fingerprint density at radius 3 is 2.85 bits per heavy atom. The summed E-state index contributed by atoms with van der Waals surface area (Å²) in [6.07, 6.45) is 2.93. The van der Waals surface area contributed by atoms with Gasteiger partial charge in [0, 0.05) is 30.6 Å². The van der Waals surface area contributed by atoms with Crippen molar-refractivity contribution < 1.29 is 18.7 Å². The Bertz CT molecular complexity index is 940. The van der Waals surface area contributed by atoms with E-state index in [1.807, 2.05) is 13.0 Å². The summed E-state index contributed by atoms with van der Waals surface area (Å²) < 4.78 is 16.2. The molecule has 0 bridgehead atoms. The molecule has 0 aliphatic carbocycles. The highest BCUT2D eigenvalue weighted by Crippen LogP contribution is 2.31. The molecule has 1 fully saturated rings. The minimum Gasteiger partial charge on any atom is -0.466 e. The molecule has 27 heavy (non-hydrogen) atoms. The normalized spacial score (nSPS) is 15.4. The van der Waals surface area contributed by atoms with Gasteiger partial charge in [0.15, 0.2) is 0 Å². The molecule has 3 aromatic rings. The topological polar surface area (TPSA) is 51.9 Å². The standard InChI is InChI=1S/C22H25NO4/c1-2-26-21(24)14-18-15-27-20-6-4-17-13-16(3-5-19(17)22(18)20)7-8-23-9-11-25-12-10-23/h3-6,13,15H,2,7-12,14H2,1H3. The molecule has 1 aromatic heterocycles. The zero-order valence-electron chi connectivity index (χ0n) is 15.7. The third-order valence-corrected chi connectivity index (χ3v) is 5.16. The first-order valence-corrected chi connectivity index (χ1v) is 9.62. The highest BCUT2D eigenvalue weighted by Gasteiger charge is 2.15. The lowest BCUT2D eigenvalue weighted by Crippen LogP contribution is -2.37. The fourth-order valence-corrected chi connectivity index (χ4v) is 3.75. The summed E-state index contributed by atoms with van der Waals surface area (Å²) in [5.41, 5.74) is 3.02. The summed E-state index contributed by atoms with van der Waals surface area (Å²) in [7, 11) is 0. The van der Waals surface area contributed by atoms with Crippen LogP contribution in [0.15, 0.2) is 41.0 Å². The van der Waals surface area contributed by atoms with Crippen molar-refractivity contribution in [3.63, 3.8) is 0 Å². The number of hydrogen-bond donors (Lipinski definition) is 0. The van der Waals surface area contributed by atoms with Gasteiger partial charge in [-0.2, -0.15) is 0 Å². The fourth-order valence-electron chi connectivity index (χ4n) is 3.75. The molecule has 1 aliphatic heterocycles. The van der Waals surface area contributed by atoms with E-state index in [0.717, 1.165) is 61.2 Å². The second-order valence-corrected chi connectivity index (χ2v) is 6.94. The number of morpholine rings is 1. The molecule has 0 spiro atoms. The average molecular weight is 367 g/mol. The minimum absolute atomic E-state index is 0.223. The van der Waals surface area contributed by atoms with Crippen LogP contribution in [0.5, 0.6) is 0 Å². The van der Waals surface area contributed by atoms with Crippen LogP contribution >= 0.6 is 0 Å². The molecule has 142 valence electrons. The van der Waals surface area contributed by atoms with Crippen LogP contribution in [0.1, 0.15) is 18.1 Å². The molecule has 0 atom stereocenters. The highest BCUT2D eigenvalue weighted by molar-refractivity contribution is 6.08. The monoisotopic (exact) mass is 367 g/mol. The number of rotatable bonds is 6. The van der Waals surface area contributed by atoms with Crippen molar-refractivity contribution in [1.82, 2.24) is 4.90 Å². The number of benzene rings is 2. The Kier molecular flexibility index (Phi) is 5.41. The van der Waals surface area contributed by atoms with Crippen LogP contribution in [-0.4, -0.2) is 50.3 Å². The van der Waals surface area contributed by atoms with Crippen molar-refractivity contribution in [3.05, 3.63) is 47.7 Å². The third-order valence-electron chi connectivity index (χ3n) is 5.16. The molecule has 0 N–H and O–H groups in total. The molecule has 0 unspecified atom stereocenters. The predicted octanol–water partition coefficient (Wildman–Crippen LogP) is 3.57. The van der Waals surface area contributed by atoms with E-state index < -0.39 is 0 Å². The van der Waals surface area contributed by atoms with Gasteiger partial charge in [0.05, 0.1) is 32.5 Å². The molecule has 0 saturated carbocycles. The van der Waals surface area contributed by atoms with Crippen LogP contribution in [0.2, 0.25) is 0 Å². The maximum atomic E-state index is 11.9. The van der Waals surface area contributed by atoms with E-state index >= 15 is 0 Å². The van der Waals surface area contributed by atoms with E-state index in [1.165, 1.54) is 10.9 Å². The first-order chi connectivity index (χ1) is 13.2. The van der Waals surface area contributed by atoms with Gasteiger partial charge < -0.3 is 13.9 Å². The molecule has 0 radical (unpaired) electrons. The first-order valence-electron chi connectivity index (χ1n) is 9.62. The van der Waals surface area contributed by atoms with E-state index in [0.29, 0.717) is 6.61 Å². The SMILES string of the molecule is CCOC(=O)Cc1coc2ccc3cc(CCN4CCOCC4)ccc3c12. The van der Waals surface area contributed by atoms with Crippen molar-refractivity contribution >= 4 is 27.7 Å². The number of carbonyl (C=O) groups is 1. The van der Waals surface area contributed by atoms with Crippen LogP contribution in [0.4, 0.5) is 0 Å². The molecule has 0 amide bonds. The molecule has 2 aromatic carbocycles. The number of fused-ring (bicyclic) bond motifs is 3. The Hall–Kier alpha value is -2.37. The van der Waals surface area contributed by atoms with E-state index in [2.05, 4.69) is 29.2 Å². The summed E-state index contributed by atoms with van der Waals surface area (Å²) in [4.78, 5) is 14.4. The molecule has 2 heterocycles. The fraction of sp³-hybridized carbons (Fsp3) is 0.409. The predicted molar refractivity (Wildman–Crippen MR) is 105 cm³/mol. The quantitative estimate of drug-likeness (QED) is 0.624. The molecular formula is C22H25NO4. The molecular weight excluding hydrogens is 342 g/mol. The Morgan fingerprint density at radius 1 is 1.19 bits per heavy atom. The average Bonchev–Trinajstić information content (AvgIpc) is 3.10. The number of esters is 1. The third kappa shape index (κ3) is 3.99. The van der Waals surface area contributed by atoms with Gasteiger partial charge in [-0.15, -0.1) is 0 Å². The van der Waals surface area contributed by atoms with Gasteiger partial charge in [0.1, 0.15) is 5.58 Å². The van der Waals surface area contributed by atoms with Crippen molar-refractivity contribution in [2.75, 3.05) is 39.5 Å². The Morgan fingerprint density at radius 2 is 2.04 bits per heavy atom. The number of nitrogens with zero attached hydrogens (tertiary/aromatic N) is 1. The Labute approximate surface area is 158 Å². The van der Waals surface area contributed by atoms with Gasteiger partial charge in [-0.25, -0.2) is 0 Å². The van der Waals surface area contributed by atoms with Crippen LogP contribution in [0.3, 0.4) is 0 Å². The van der Waals surface area contributed by atoms with Gasteiger partial charge in [-0.1, -0.05) is 24.3 Å². The summed E-state index contributed by atoms with van der Waals surface area (Å²) in [5.74, 6) is -0.223. The maximum absolute atomic E-state index is 11.9. The van der Waals surface area contributed by atoms with Crippen molar-refractivity contribution in [1.29, 1.82) is 0 Å². The lowest BCUT2D eigenvalue weighted by atomic mass is 9.99. The second kappa shape index (κ2) is 8.11. The highest BCUT2D eigenvalue weighted by atomic mass is 16.5. The number of furan rings is 1. The second-order valence-electron chi connectivity index (χ2n) is 6.94. The van der Waals surface area contributed by atoms with Gasteiger partial charge in [-0.3, -0.25) is 9.69 Å². The number of carbonyl (C=O) groups excluding carboxylic acids is 1. The lowest BCUT2D eigenvalue weighted by molar-refractivity contribution is -0.142. The van der Waals surface area contributed by atoms with Crippen molar-refractivity contribution in [2.45, 2.75) is 19.8 Å². The van der Waals surface area contributed by atoms with Crippen LogP contribution in [-0.2, 0) is 27.1 Å². The first kappa shape index (κ1) is 18.0. The van der Waals surface area contributed by atoms with E-state index in [1.54, 1.807) is 6.26 Å². The van der Waals surface area contributed by atoms with Gasteiger partial charge >= 0.3 is 5.97 Å². The van der Waals surface area contributed by atoms with Crippen LogP contribution < -0.4 is 0 Å². The largest absolute Gasteiger partial charge is 0.466 e. The minimum atomic E-state index is -0.223. The maximum Gasteiger partial charge on any atom is 0.310 e. The van der Waals surface area contributed by atoms with Crippen molar-refractivity contribution in [2.24, 2.45) is 0 Å².